The Morgan fingerprint density at radius 1 is 0.298 bits per heavy atom. The summed E-state index contributed by atoms with van der Waals surface area (Å²) in [5, 5.41) is 0. The predicted molar refractivity (Wildman–Crippen MR) is 239 cm³/mol. The summed E-state index contributed by atoms with van der Waals surface area (Å²) in [6, 6.07) is 87.8. The molecule has 2 heteroatoms. The minimum Gasteiger partial charge on any atom is -0.311 e. The van der Waals surface area contributed by atoms with Crippen LogP contribution in [0.1, 0.15) is 22.3 Å². The highest BCUT2D eigenvalue weighted by atomic mass is 15.2. The van der Waals surface area contributed by atoms with Gasteiger partial charge in [0.2, 0.25) is 0 Å². The second-order valence-electron chi connectivity index (χ2n) is 14.5. The molecule has 0 N–H and O–H groups in total. The van der Waals surface area contributed by atoms with Crippen molar-refractivity contribution in [3.05, 3.63) is 265 Å². The van der Waals surface area contributed by atoms with E-state index in [4.69, 9.17) is 0 Å². The Morgan fingerprint density at radius 2 is 0.702 bits per heavy atom. The molecule has 0 aliphatic carbocycles. The fourth-order valence-electron chi connectivity index (χ4n) is 8.75. The van der Waals surface area contributed by atoms with Gasteiger partial charge in [0, 0.05) is 22.7 Å². The number of hydrogen-bond acceptors (Lipinski definition) is 2. The molecule has 57 heavy (non-hydrogen) atoms. The van der Waals surface area contributed by atoms with E-state index in [0.717, 1.165) is 33.9 Å². The van der Waals surface area contributed by atoms with Crippen LogP contribution in [0.15, 0.2) is 243 Å². The van der Waals surface area contributed by atoms with Crippen molar-refractivity contribution in [2.45, 2.75) is 5.41 Å². The van der Waals surface area contributed by atoms with E-state index < -0.39 is 5.41 Å². The number of para-hydroxylation sites is 3. The van der Waals surface area contributed by atoms with Crippen molar-refractivity contribution in [3.63, 3.8) is 0 Å². The first-order valence-corrected chi connectivity index (χ1v) is 19.6. The summed E-state index contributed by atoms with van der Waals surface area (Å²) in [5.74, 6) is 0. The SMILES string of the molecule is c1ccc(-c2ccc(N(c3ccccc3)c3ccc(-c4ccc5c(c4)N(c4ccccc4)c4ccccc4C5(c4ccccc4)c4ccccc4)cc3)cc2)cc1. The van der Waals surface area contributed by atoms with Crippen LogP contribution in [0.3, 0.4) is 0 Å². The molecule has 0 spiro atoms. The van der Waals surface area contributed by atoms with Gasteiger partial charge >= 0.3 is 0 Å². The minimum absolute atomic E-state index is 0.533. The summed E-state index contributed by atoms with van der Waals surface area (Å²) in [7, 11) is 0. The van der Waals surface area contributed by atoms with Gasteiger partial charge in [0.05, 0.1) is 16.8 Å². The van der Waals surface area contributed by atoms with Gasteiger partial charge in [0.25, 0.3) is 0 Å². The van der Waals surface area contributed by atoms with Gasteiger partial charge in [-0.2, -0.15) is 0 Å². The molecule has 0 amide bonds. The van der Waals surface area contributed by atoms with Gasteiger partial charge in [0.15, 0.2) is 0 Å². The third kappa shape index (κ3) is 6.00. The molecule has 0 unspecified atom stereocenters. The molecular weight excluding hydrogens is 689 g/mol. The quantitative estimate of drug-likeness (QED) is 0.154. The maximum Gasteiger partial charge on any atom is 0.0742 e. The van der Waals surface area contributed by atoms with Crippen LogP contribution in [0.5, 0.6) is 0 Å². The van der Waals surface area contributed by atoms with Crippen molar-refractivity contribution in [2.24, 2.45) is 0 Å². The van der Waals surface area contributed by atoms with Crippen LogP contribution in [0, 0.1) is 0 Å². The van der Waals surface area contributed by atoms with Crippen molar-refractivity contribution in [2.75, 3.05) is 9.80 Å². The Balaban J connectivity index is 1.12. The summed E-state index contributed by atoms with van der Waals surface area (Å²) >= 11 is 0. The highest BCUT2D eigenvalue weighted by molar-refractivity contribution is 5.91. The number of benzene rings is 9. The van der Waals surface area contributed by atoms with Gasteiger partial charge in [-0.25, -0.2) is 0 Å². The molecule has 0 saturated carbocycles. The zero-order valence-electron chi connectivity index (χ0n) is 31.5. The largest absolute Gasteiger partial charge is 0.311 e. The summed E-state index contributed by atoms with van der Waals surface area (Å²) in [6.45, 7) is 0. The minimum atomic E-state index is -0.533. The summed E-state index contributed by atoms with van der Waals surface area (Å²) in [6.07, 6.45) is 0. The van der Waals surface area contributed by atoms with E-state index in [1.165, 1.54) is 44.8 Å². The van der Waals surface area contributed by atoms with Crippen LogP contribution in [0.25, 0.3) is 22.3 Å². The Hall–Kier alpha value is -7.42. The molecular formula is C55H40N2. The second kappa shape index (κ2) is 14.7. The molecule has 0 aromatic heterocycles. The van der Waals surface area contributed by atoms with E-state index >= 15 is 0 Å². The second-order valence-corrected chi connectivity index (χ2v) is 14.5. The van der Waals surface area contributed by atoms with E-state index in [2.05, 4.69) is 252 Å². The first-order chi connectivity index (χ1) is 28.3. The zero-order chi connectivity index (χ0) is 38.0. The van der Waals surface area contributed by atoms with E-state index in [9.17, 15) is 0 Å². The average Bonchev–Trinajstić information content (AvgIpc) is 3.30. The molecule has 270 valence electrons. The number of fused-ring (bicyclic) bond motifs is 2. The molecule has 1 heterocycles. The van der Waals surface area contributed by atoms with Gasteiger partial charge in [-0.3, -0.25) is 0 Å². The van der Waals surface area contributed by atoms with Gasteiger partial charge < -0.3 is 9.80 Å². The lowest BCUT2D eigenvalue weighted by molar-refractivity contribution is 0.731. The van der Waals surface area contributed by atoms with Crippen LogP contribution >= 0.6 is 0 Å². The van der Waals surface area contributed by atoms with Crippen molar-refractivity contribution in [3.8, 4) is 22.3 Å². The monoisotopic (exact) mass is 728 g/mol. The first kappa shape index (κ1) is 34.1. The number of rotatable bonds is 8. The van der Waals surface area contributed by atoms with Gasteiger partial charge in [-0.15, -0.1) is 0 Å². The molecule has 0 fully saturated rings. The van der Waals surface area contributed by atoms with Crippen molar-refractivity contribution in [1.82, 2.24) is 0 Å². The molecule has 0 saturated heterocycles. The van der Waals surface area contributed by atoms with E-state index in [1.807, 2.05) is 0 Å². The zero-order valence-corrected chi connectivity index (χ0v) is 31.5. The molecule has 10 rings (SSSR count). The standard InChI is InChI=1S/C55H40N2/c1-6-18-41(19-7-1)42-30-35-49(36-31-42)56(47-24-12-4-13-25-47)50-37-32-43(33-38-50)44-34-39-52-54(40-44)57(48-26-14-5-15-27-48)53-29-17-16-28-51(53)55(52,45-20-8-2-9-21-45)46-22-10-3-11-23-46/h1-40H. The fraction of sp³-hybridized carbons (Fsp3) is 0.0182. The molecule has 1 aliphatic heterocycles. The number of hydrogen-bond donors (Lipinski definition) is 0. The lowest BCUT2D eigenvalue weighted by atomic mass is 9.62. The maximum atomic E-state index is 2.45. The topological polar surface area (TPSA) is 6.48 Å². The maximum absolute atomic E-state index is 2.45. The summed E-state index contributed by atoms with van der Waals surface area (Å²) in [5.41, 5.74) is 16.0. The Labute approximate surface area is 335 Å². The third-order valence-electron chi connectivity index (χ3n) is 11.3. The first-order valence-electron chi connectivity index (χ1n) is 19.6. The Morgan fingerprint density at radius 3 is 1.28 bits per heavy atom. The lowest BCUT2D eigenvalue weighted by Gasteiger charge is -2.46. The Bertz CT molecular complexity index is 2710. The smallest absolute Gasteiger partial charge is 0.0742 e. The summed E-state index contributed by atoms with van der Waals surface area (Å²) < 4.78 is 0. The lowest BCUT2D eigenvalue weighted by Crippen LogP contribution is -2.37. The van der Waals surface area contributed by atoms with Crippen molar-refractivity contribution >= 4 is 34.1 Å². The highest BCUT2D eigenvalue weighted by Crippen LogP contribution is 2.58. The summed E-state index contributed by atoms with van der Waals surface area (Å²) in [4.78, 5) is 4.77. The molecule has 9 aromatic carbocycles. The molecule has 0 radical (unpaired) electrons. The molecule has 0 bridgehead atoms. The van der Waals surface area contributed by atoms with Crippen molar-refractivity contribution in [1.29, 1.82) is 0 Å². The van der Waals surface area contributed by atoms with Gasteiger partial charge in [-0.05, 0) is 105 Å². The van der Waals surface area contributed by atoms with E-state index in [0.29, 0.717) is 0 Å². The van der Waals surface area contributed by atoms with Crippen molar-refractivity contribution < 1.29 is 0 Å². The highest BCUT2D eigenvalue weighted by Gasteiger charge is 2.46. The number of anilines is 6. The predicted octanol–water partition coefficient (Wildman–Crippen LogP) is 14.7. The van der Waals surface area contributed by atoms with E-state index in [-0.39, 0.29) is 0 Å². The molecule has 2 nitrogen and oxygen atoms in total. The molecule has 1 aliphatic rings. The van der Waals surface area contributed by atoms with Gasteiger partial charge in [0.1, 0.15) is 0 Å². The van der Waals surface area contributed by atoms with Crippen LogP contribution < -0.4 is 9.80 Å². The van der Waals surface area contributed by atoms with Crippen LogP contribution in [0.2, 0.25) is 0 Å². The van der Waals surface area contributed by atoms with Crippen LogP contribution in [-0.4, -0.2) is 0 Å². The average molecular weight is 729 g/mol. The molecule has 0 atom stereocenters. The van der Waals surface area contributed by atoms with Crippen LogP contribution in [-0.2, 0) is 5.41 Å². The molecule has 9 aromatic rings. The normalized spacial score (nSPS) is 12.7. The third-order valence-corrected chi connectivity index (χ3v) is 11.3. The number of nitrogens with zero attached hydrogens (tertiary/aromatic N) is 2. The fourth-order valence-corrected chi connectivity index (χ4v) is 8.75. The van der Waals surface area contributed by atoms with Gasteiger partial charge in [-0.1, -0.05) is 182 Å². The Kier molecular flexibility index (Phi) is 8.78. The van der Waals surface area contributed by atoms with E-state index in [1.54, 1.807) is 0 Å². The van der Waals surface area contributed by atoms with Crippen LogP contribution in [0.4, 0.5) is 34.1 Å².